The van der Waals surface area contributed by atoms with Crippen molar-refractivity contribution < 1.29 is 9.21 Å². The first-order valence-electron chi connectivity index (χ1n) is 5.41. The first-order chi connectivity index (χ1) is 9.27. The number of pyridine rings is 1. The minimum absolute atomic E-state index is 0.140. The summed E-state index contributed by atoms with van der Waals surface area (Å²) in [6.45, 7) is 0. The third kappa shape index (κ3) is 3.79. The lowest BCUT2D eigenvalue weighted by Gasteiger charge is -1.99. The van der Waals surface area contributed by atoms with Gasteiger partial charge in [0.15, 0.2) is 0 Å². The molecule has 0 aliphatic heterocycles. The van der Waals surface area contributed by atoms with Crippen LogP contribution < -0.4 is 5.43 Å². The summed E-state index contributed by atoms with van der Waals surface area (Å²) >= 11 is 5.78. The Morgan fingerprint density at radius 1 is 1.42 bits per heavy atom. The molecule has 2 aromatic heterocycles. The molecule has 0 aliphatic rings. The summed E-state index contributed by atoms with van der Waals surface area (Å²) in [5, 5.41) is 3.89. The van der Waals surface area contributed by atoms with Crippen LogP contribution in [0.2, 0.25) is 5.15 Å². The van der Waals surface area contributed by atoms with Gasteiger partial charge < -0.3 is 4.42 Å². The molecule has 0 fully saturated rings. The van der Waals surface area contributed by atoms with E-state index in [9.17, 15) is 4.79 Å². The number of carbonyl (C=O) groups is 1. The first-order valence-corrected chi connectivity index (χ1v) is 5.79. The fraction of sp³-hybridized carbons (Fsp3) is 0. The maximum absolute atomic E-state index is 11.7. The summed E-state index contributed by atoms with van der Waals surface area (Å²) in [4.78, 5) is 15.5. The van der Waals surface area contributed by atoms with Crippen LogP contribution in [0, 0.1) is 0 Å². The van der Waals surface area contributed by atoms with Gasteiger partial charge in [0.2, 0.25) is 0 Å². The predicted octanol–water partition coefficient (Wildman–Crippen LogP) is 2.76. The van der Waals surface area contributed by atoms with Gasteiger partial charge in [0.1, 0.15) is 10.9 Å². The van der Waals surface area contributed by atoms with Gasteiger partial charge in [-0.2, -0.15) is 5.10 Å². The van der Waals surface area contributed by atoms with Crippen molar-refractivity contribution in [1.82, 2.24) is 10.4 Å². The number of amides is 1. The molecule has 96 valence electrons. The topological polar surface area (TPSA) is 67.5 Å². The number of halogens is 1. The summed E-state index contributed by atoms with van der Waals surface area (Å²) < 4.78 is 5.08. The zero-order valence-electron chi connectivity index (χ0n) is 9.79. The Morgan fingerprint density at radius 3 is 3.05 bits per heavy atom. The fourth-order valence-electron chi connectivity index (χ4n) is 1.28. The Balaban J connectivity index is 1.89. The number of hydrogen-bond donors (Lipinski definition) is 1. The molecule has 0 aliphatic carbocycles. The molecule has 0 aromatic carbocycles. The monoisotopic (exact) mass is 275 g/mol. The van der Waals surface area contributed by atoms with Gasteiger partial charge in [0.05, 0.1) is 11.8 Å². The van der Waals surface area contributed by atoms with Crippen LogP contribution in [0.25, 0.3) is 6.08 Å². The van der Waals surface area contributed by atoms with E-state index in [2.05, 4.69) is 15.5 Å². The summed E-state index contributed by atoms with van der Waals surface area (Å²) in [5.74, 6) is 0.286. The van der Waals surface area contributed by atoms with Gasteiger partial charge >= 0.3 is 0 Å². The highest BCUT2D eigenvalue weighted by Gasteiger charge is 2.08. The maximum Gasteiger partial charge on any atom is 0.274 e. The average molecular weight is 276 g/mol. The molecule has 0 saturated carbocycles. The fourth-order valence-corrected chi connectivity index (χ4v) is 1.48. The third-order valence-electron chi connectivity index (χ3n) is 2.13. The minimum Gasteiger partial charge on any atom is -0.465 e. The van der Waals surface area contributed by atoms with Crippen LogP contribution in [0.5, 0.6) is 0 Å². The molecule has 0 unspecified atom stereocenters. The van der Waals surface area contributed by atoms with Crippen LogP contribution >= 0.6 is 11.6 Å². The summed E-state index contributed by atoms with van der Waals surface area (Å²) in [6, 6.07) is 6.78. The number of aromatic nitrogens is 1. The Bertz CT molecular complexity index is 606. The van der Waals surface area contributed by atoms with Crippen molar-refractivity contribution in [2.24, 2.45) is 5.10 Å². The molecule has 6 heteroatoms. The van der Waals surface area contributed by atoms with E-state index in [4.69, 9.17) is 16.0 Å². The summed E-state index contributed by atoms with van der Waals surface area (Å²) in [7, 11) is 0. The lowest BCUT2D eigenvalue weighted by atomic mass is 10.3. The van der Waals surface area contributed by atoms with E-state index in [1.807, 2.05) is 0 Å². The molecular formula is C13H10ClN3O2. The maximum atomic E-state index is 11.7. The number of allylic oxidation sites excluding steroid dienone is 1. The SMILES string of the molecule is O=C(NN=CC=Cc1ccco1)c1cccnc1Cl. The van der Waals surface area contributed by atoms with E-state index in [1.54, 1.807) is 42.7 Å². The standard InChI is InChI=1S/C13H10ClN3O2/c14-12-11(6-2-7-15-12)13(18)17-16-8-1-4-10-5-3-9-19-10/h1-9H,(H,17,18). The second-order valence-corrected chi connectivity index (χ2v) is 3.79. The van der Waals surface area contributed by atoms with Crippen molar-refractivity contribution in [3.05, 3.63) is 59.3 Å². The highest BCUT2D eigenvalue weighted by atomic mass is 35.5. The Kier molecular flexibility index (Phi) is 4.47. The van der Waals surface area contributed by atoms with E-state index in [-0.39, 0.29) is 10.7 Å². The molecule has 1 N–H and O–H groups in total. The first kappa shape index (κ1) is 13.0. The van der Waals surface area contributed by atoms with Crippen molar-refractivity contribution in [1.29, 1.82) is 0 Å². The van der Waals surface area contributed by atoms with Crippen LogP contribution in [-0.2, 0) is 0 Å². The minimum atomic E-state index is -0.416. The number of rotatable bonds is 4. The lowest BCUT2D eigenvalue weighted by molar-refractivity contribution is 0.0955. The smallest absolute Gasteiger partial charge is 0.274 e. The molecule has 0 atom stereocenters. The molecular weight excluding hydrogens is 266 g/mol. The molecule has 2 aromatic rings. The number of nitrogens with zero attached hydrogens (tertiary/aromatic N) is 2. The van der Waals surface area contributed by atoms with Crippen molar-refractivity contribution in [2.75, 3.05) is 0 Å². The zero-order chi connectivity index (χ0) is 13.5. The quantitative estimate of drug-likeness (QED) is 0.530. The molecule has 2 heterocycles. The number of hydrazone groups is 1. The van der Waals surface area contributed by atoms with Crippen molar-refractivity contribution in [3.63, 3.8) is 0 Å². The Hall–Kier alpha value is -2.40. The normalized spacial score (nSPS) is 11.2. The van der Waals surface area contributed by atoms with E-state index in [1.165, 1.54) is 12.4 Å². The van der Waals surface area contributed by atoms with Gasteiger partial charge in [-0.05, 0) is 36.4 Å². The molecule has 5 nitrogen and oxygen atoms in total. The van der Waals surface area contributed by atoms with Gasteiger partial charge in [-0.15, -0.1) is 0 Å². The van der Waals surface area contributed by atoms with Crippen LogP contribution in [-0.4, -0.2) is 17.1 Å². The van der Waals surface area contributed by atoms with Crippen molar-refractivity contribution in [2.45, 2.75) is 0 Å². The van der Waals surface area contributed by atoms with Crippen molar-refractivity contribution in [3.8, 4) is 0 Å². The predicted molar refractivity (Wildman–Crippen MR) is 72.9 cm³/mol. The third-order valence-corrected chi connectivity index (χ3v) is 2.44. The van der Waals surface area contributed by atoms with Gasteiger partial charge in [-0.25, -0.2) is 10.4 Å². The second kappa shape index (κ2) is 6.51. The van der Waals surface area contributed by atoms with Gasteiger partial charge in [0, 0.05) is 12.4 Å². The summed E-state index contributed by atoms with van der Waals surface area (Å²) in [5.41, 5.74) is 2.62. The number of hydrogen-bond acceptors (Lipinski definition) is 4. The highest BCUT2D eigenvalue weighted by molar-refractivity contribution is 6.32. The summed E-state index contributed by atoms with van der Waals surface area (Å²) in [6.07, 6.45) is 7.87. The van der Waals surface area contributed by atoms with Gasteiger partial charge in [0.25, 0.3) is 5.91 Å². The van der Waals surface area contributed by atoms with Crippen LogP contribution in [0.4, 0.5) is 0 Å². The van der Waals surface area contributed by atoms with Crippen molar-refractivity contribution >= 4 is 29.8 Å². The van der Waals surface area contributed by atoms with E-state index in [0.717, 1.165) is 0 Å². The van der Waals surface area contributed by atoms with Crippen LogP contribution in [0.1, 0.15) is 16.1 Å². The second-order valence-electron chi connectivity index (χ2n) is 3.44. The average Bonchev–Trinajstić information content (AvgIpc) is 2.92. The number of furan rings is 1. The molecule has 0 saturated heterocycles. The highest BCUT2D eigenvalue weighted by Crippen LogP contribution is 2.10. The molecule has 0 bridgehead atoms. The molecule has 1 amide bonds. The van der Waals surface area contributed by atoms with Crippen LogP contribution in [0.3, 0.4) is 0 Å². The van der Waals surface area contributed by atoms with E-state index in [0.29, 0.717) is 5.76 Å². The number of nitrogens with one attached hydrogen (secondary N) is 1. The molecule has 19 heavy (non-hydrogen) atoms. The Labute approximate surface area is 114 Å². The Morgan fingerprint density at radius 2 is 2.32 bits per heavy atom. The zero-order valence-corrected chi connectivity index (χ0v) is 10.5. The molecule has 2 rings (SSSR count). The molecule has 0 spiro atoms. The molecule has 0 radical (unpaired) electrons. The van der Waals surface area contributed by atoms with E-state index >= 15 is 0 Å². The largest absolute Gasteiger partial charge is 0.465 e. The van der Waals surface area contributed by atoms with Gasteiger partial charge in [-0.1, -0.05) is 11.6 Å². The van der Waals surface area contributed by atoms with E-state index < -0.39 is 5.91 Å². The van der Waals surface area contributed by atoms with Crippen LogP contribution in [0.15, 0.2) is 52.3 Å². The number of carbonyl (C=O) groups excluding carboxylic acids is 1. The van der Waals surface area contributed by atoms with Gasteiger partial charge in [-0.3, -0.25) is 4.79 Å². The lowest BCUT2D eigenvalue weighted by Crippen LogP contribution is -2.18.